The molecule has 0 bridgehead atoms. The quantitative estimate of drug-likeness (QED) is 0.608. The summed E-state index contributed by atoms with van der Waals surface area (Å²) < 4.78 is 18.8. The molecule has 0 heterocycles. The molecular weight excluding hydrogens is 237 g/mol. The second kappa shape index (κ2) is 4.65. The summed E-state index contributed by atoms with van der Waals surface area (Å²) in [6.45, 7) is 5.10. The maximum Gasteiger partial charge on any atom is 0.327 e. The number of benzene rings is 1. The van der Waals surface area contributed by atoms with E-state index in [-0.39, 0.29) is 16.3 Å². The SMILES string of the molecule is CCOc1c(C)c(C)c(F)c([N+](=O)[O-])c1Cl. The summed E-state index contributed by atoms with van der Waals surface area (Å²) in [4.78, 5) is 9.85. The number of rotatable bonds is 3. The fourth-order valence-corrected chi connectivity index (χ4v) is 1.71. The van der Waals surface area contributed by atoms with E-state index in [2.05, 4.69) is 0 Å². The normalized spacial score (nSPS) is 10.3. The maximum atomic E-state index is 13.6. The van der Waals surface area contributed by atoms with Crippen LogP contribution in [0.25, 0.3) is 0 Å². The van der Waals surface area contributed by atoms with Gasteiger partial charge in [0.1, 0.15) is 5.75 Å². The Hall–Kier alpha value is -1.36. The van der Waals surface area contributed by atoms with E-state index in [0.29, 0.717) is 12.2 Å². The largest absolute Gasteiger partial charge is 0.492 e. The van der Waals surface area contributed by atoms with E-state index in [1.54, 1.807) is 13.8 Å². The molecule has 16 heavy (non-hydrogen) atoms. The Labute approximate surface area is 97.1 Å². The first-order valence-electron chi connectivity index (χ1n) is 4.67. The Morgan fingerprint density at radius 1 is 1.44 bits per heavy atom. The van der Waals surface area contributed by atoms with Gasteiger partial charge in [-0.05, 0) is 31.9 Å². The lowest BCUT2D eigenvalue weighted by Gasteiger charge is -2.12. The van der Waals surface area contributed by atoms with E-state index in [9.17, 15) is 14.5 Å². The van der Waals surface area contributed by atoms with Crippen LogP contribution >= 0.6 is 11.6 Å². The van der Waals surface area contributed by atoms with Crippen molar-refractivity contribution in [2.75, 3.05) is 6.61 Å². The minimum Gasteiger partial charge on any atom is -0.492 e. The van der Waals surface area contributed by atoms with E-state index >= 15 is 0 Å². The van der Waals surface area contributed by atoms with E-state index in [0.717, 1.165) is 0 Å². The third-order valence-electron chi connectivity index (χ3n) is 2.32. The number of halogens is 2. The highest BCUT2D eigenvalue weighted by Gasteiger charge is 2.28. The van der Waals surface area contributed by atoms with Crippen molar-refractivity contribution in [1.82, 2.24) is 0 Å². The van der Waals surface area contributed by atoms with Gasteiger partial charge < -0.3 is 4.74 Å². The van der Waals surface area contributed by atoms with Crippen LogP contribution in [0.3, 0.4) is 0 Å². The molecule has 88 valence electrons. The molecule has 0 amide bonds. The molecule has 0 atom stereocenters. The van der Waals surface area contributed by atoms with Gasteiger partial charge in [0.2, 0.25) is 5.82 Å². The molecule has 0 aliphatic rings. The van der Waals surface area contributed by atoms with Gasteiger partial charge in [-0.25, -0.2) is 0 Å². The highest BCUT2D eigenvalue weighted by molar-refractivity contribution is 6.34. The molecule has 1 aromatic rings. The lowest BCUT2D eigenvalue weighted by atomic mass is 10.1. The summed E-state index contributed by atoms with van der Waals surface area (Å²) in [7, 11) is 0. The van der Waals surface area contributed by atoms with E-state index in [1.807, 2.05) is 0 Å². The Bertz CT molecular complexity index is 448. The monoisotopic (exact) mass is 247 g/mol. The molecule has 0 aromatic heterocycles. The van der Waals surface area contributed by atoms with Crippen molar-refractivity contribution in [3.05, 3.63) is 32.1 Å². The van der Waals surface area contributed by atoms with Crippen LogP contribution < -0.4 is 4.74 Å². The zero-order chi connectivity index (χ0) is 12.5. The van der Waals surface area contributed by atoms with Crippen molar-refractivity contribution in [1.29, 1.82) is 0 Å². The second-order valence-corrected chi connectivity index (χ2v) is 3.62. The minimum atomic E-state index is -0.907. The van der Waals surface area contributed by atoms with E-state index in [1.165, 1.54) is 6.92 Å². The van der Waals surface area contributed by atoms with Crippen molar-refractivity contribution in [3.8, 4) is 5.75 Å². The first kappa shape index (κ1) is 12.7. The lowest BCUT2D eigenvalue weighted by Crippen LogP contribution is -2.03. The van der Waals surface area contributed by atoms with Crippen molar-refractivity contribution < 1.29 is 14.1 Å². The Morgan fingerprint density at radius 3 is 2.44 bits per heavy atom. The third-order valence-corrected chi connectivity index (χ3v) is 2.67. The fourth-order valence-electron chi connectivity index (χ4n) is 1.36. The zero-order valence-electron chi connectivity index (χ0n) is 9.13. The molecule has 1 rings (SSSR count). The summed E-state index contributed by atoms with van der Waals surface area (Å²) >= 11 is 5.76. The van der Waals surface area contributed by atoms with Gasteiger partial charge in [-0.1, -0.05) is 11.6 Å². The zero-order valence-corrected chi connectivity index (χ0v) is 9.89. The van der Waals surface area contributed by atoms with Crippen LogP contribution in [0.5, 0.6) is 5.75 Å². The molecule has 6 heteroatoms. The summed E-state index contributed by atoms with van der Waals surface area (Å²) in [6.07, 6.45) is 0. The molecule has 0 radical (unpaired) electrons. The Morgan fingerprint density at radius 2 is 2.00 bits per heavy atom. The van der Waals surface area contributed by atoms with Gasteiger partial charge in [-0.3, -0.25) is 10.1 Å². The summed E-state index contributed by atoms with van der Waals surface area (Å²) in [6, 6.07) is 0. The number of hydrogen-bond acceptors (Lipinski definition) is 3. The molecule has 4 nitrogen and oxygen atoms in total. The topological polar surface area (TPSA) is 52.4 Å². The van der Waals surface area contributed by atoms with Crippen LogP contribution in [0.2, 0.25) is 5.02 Å². The number of hydrogen-bond donors (Lipinski definition) is 0. The first-order valence-corrected chi connectivity index (χ1v) is 5.04. The standard InChI is InChI=1S/C10H11ClFNO3/c1-4-16-10-6(3)5(2)8(12)9(7(10)11)13(14)15/h4H2,1-3H3. The van der Waals surface area contributed by atoms with Crippen LogP contribution in [-0.4, -0.2) is 11.5 Å². The van der Waals surface area contributed by atoms with Crippen molar-refractivity contribution in [2.45, 2.75) is 20.8 Å². The van der Waals surface area contributed by atoms with Gasteiger partial charge in [0.15, 0.2) is 5.02 Å². The number of ether oxygens (including phenoxy) is 1. The highest BCUT2D eigenvalue weighted by Crippen LogP contribution is 2.40. The molecule has 0 aliphatic carbocycles. The number of nitro benzene ring substituents is 1. The first-order chi connectivity index (χ1) is 7.41. The van der Waals surface area contributed by atoms with Crippen molar-refractivity contribution >= 4 is 17.3 Å². The Kier molecular flexibility index (Phi) is 3.70. The van der Waals surface area contributed by atoms with Gasteiger partial charge in [0, 0.05) is 0 Å². The van der Waals surface area contributed by atoms with Crippen LogP contribution in [0.15, 0.2) is 0 Å². The molecule has 0 saturated heterocycles. The molecule has 1 aromatic carbocycles. The molecule has 0 fully saturated rings. The minimum absolute atomic E-state index is 0.176. The molecule has 0 unspecified atom stereocenters. The van der Waals surface area contributed by atoms with Crippen molar-refractivity contribution in [2.24, 2.45) is 0 Å². The van der Waals surface area contributed by atoms with Crippen LogP contribution in [0.4, 0.5) is 10.1 Å². The molecule has 0 aliphatic heterocycles. The summed E-state index contributed by atoms with van der Waals surface area (Å²) in [5, 5.41) is 10.4. The average Bonchev–Trinajstić information content (AvgIpc) is 2.21. The van der Waals surface area contributed by atoms with Crippen LogP contribution in [0.1, 0.15) is 18.1 Å². The van der Waals surface area contributed by atoms with Crippen LogP contribution in [0, 0.1) is 29.8 Å². The molecule has 0 spiro atoms. The number of nitro groups is 1. The van der Waals surface area contributed by atoms with Gasteiger partial charge >= 0.3 is 5.69 Å². The second-order valence-electron chi connectivity index (χ2n) is 3.25. The predicted octanol–water partition coefficient (Wildman–Crippen LogP) is 3.40. The fraction of sp³-hybridized carbons (Fsp3) is 0.400. The summed E-state index contributed by atoms with van der Waals surface area (Å²) in [5.74, 6) is -0.731. The molecular formula is C10H11ClFNO3. The van der Waals surface area contributed by atoms with Gasteiger partial charge in [0.25, 0.3) is 0 Å². The highest BCUT2D eigenvalue weighted by atomic mass is 35.5. The van der Waals surface area contributed by atoms with E-state index < -0.39 is 16.4 Å². The van der Waals surface area contributed by atoms with E-state index in [4.69, 9.17) is 16.3 Å². The third kappa shape index (κ3) is 1.95. The maximum absolute atomic E-state index is 13.6. The van der Waals surface area contributed by atoms with Crippen LogP contribution in [-0.2, 0) is 0 Å². The van der Waals surface area contributed by atoms with Crippen molar-refractivity contribution in [3.63, 3.8) is 0 Å². The average molecular weight is 248 g/mol. The summed E-state index contributed by atoms with van der Waals surface area (Å²) in [5.41, 5.74) is -0.0669. The number of nitrogens with zero attached hydrogens (tertiary/aromatic N) is 1. The molecule has 0 saturated carbocycles. The molecule has 0 N–H and O–H groups in total. The Balaban J connectivity index is 3.58. The van der Waals surface area contributed by atoms with Gasteiger partial charge in [0.05, 0.1) is 11.5 Å². The smallest absolute Gasteiger partial charge is 0.327 e. The van der Waals surface area contributed by atoms with Gasteiger partial charge in [-0.15, -0.1) is 0 Å². The van der Waals surface area contributed by atoms with Gasteiger partial charge in [-0.2, -0.15) is 4.39 Å². The lowest BCUT2D eigenvalue weighted by molar-refractivity contribution is -0.387. The predicted molar refractivity (Wildman–Crippen MR) is 58.7 cm³/mol.